The molecule has 2 bridgehead atoms. The molecule has 4 rings (SSSR count). The van der Waals surface area contributed by atoms with Crippen molar-refractivity contribution in [3.05, 3.63) is 11.1 Å². The number of phenols is 2. The van der Waals surface area contributed by atoms with Gasteiger partial charge in [-0.25, -0.2) is 0 Å². The predicted octanol–water partition coefficient (Wildman–Crippen LogP) is 3.26. The summed E-state index contributed by atoms with van der Waals surface area (Å²) in [5.74, 6) is -1.83. The third-order valence-electron chi connectivity index (χ3n) is 7.19. The number of piperazine rings is 1. The lowest BCUT2D eigenvalue weighted by molar-refractivity contribution is -0.142. The van der Waals surface area contributed by atoms with E-state index in [1.165, 1.54) is 23.5 Å². The van der Waals surface area contributed by atoms with Gasteiger partial charge in [-0.2, -0.15) is 5.26 Å². The minimum Gasteiger partial charge on any atom is -0.506 e. The number of fused-ring (bicyclic) bond motifs is 5. The summed E-state index contributed by atoms with van der Waals surface area (Å²) in [6.07, 6.45) is 0.327. The van der Waals surface area contributed by atoms with Crippen molar-refractivity contribution in [2.45, 2.75) is 97.5 Å². The van der Waals surface area contributed by atoms with Crippen molar-refractivity contribution in [2.75, 3.05) is 6.61 Å². The second-order valence-electron chi connectivity index (χ2n) is 9.99. The van der Waals surface area contributed by atoms with E-state index in [4.69, 9.17) is 0 Å². The number of carboxylic acid groups (broad SMARTS) is 1. The van der Waals surface area contributed by atoms with E-state index >= 15 is 0 Å². The minimum atomic E-state index is -0.913. The number of nitrogens with one attached hydrogen (secondary N) is 1. The molecule has 5 N–H and O–H groups in total. The largest absolute Gasteiger partial charge is 0.506 e. The quantitative estimate of drug-likeness (QED) is 0.288. The Kier molecular flexibility index (Phi) is 7.06. The Labute approximate surface area is 208 Å². The Balaban J connectivity index is 1.98. The van der Waals surface area contributed by atoms with Crippen molar-refractivity contribution < 1.29 is 25.2 Å². The molecule has 0 saturated carbocycles. The van der Waals surface area contributed by atoms with Gasteiger partial charge in [0.2, 0.25) is 0 Å². The van der Waals surface area contributed by atoms with Crippen LogP contribution < -0.4 is 5.32 Å². The molecule has 0 spiro atoms. The number of aliphatic hydroxyl groups is 1. The van der Waals surface area contributed by atoms with Crippen LogP contribution in [0.1, 0.15) is 64.1 Å². The number of rotatable bonds is 6. The van der Waals surface area contributed by atoms with E-state index in [2.05, 4.69) is 11.4 Å². The Bertz CT molecular complexity index is 1030. The molecule has 0 aromatic heterocycles. The molecule has 2 fully saturated rings. The lowest BCUT2D eigenvalue weighted by atomic mass is 9.74. The van der Waals surface area contributed by atoms with Crippen molar-refractivity contribution in [3.8, 4) is 17.6 Å². The van der Waals surface area contributed by atoms with Crippen molar-refractivity contribution in [1.29, 1.82) is 5.26 Å². The molecule has 0 aliphatic carbocycles. The van der Waals surface area contributed by atoms with Gasteiger partial charge >= 0.3 is 5.97 Å². The van der Waals surface area contributed by atoms with Gasteiger partial charge in [0, 0.05) is 45.7 Å². The highest BCUT2D eigenvalue weighted by atomic mass is 32.2. The summed E-state index contributed by atoms with van der Waals surface area (Å²) in [6.45, 7) is 9.61. The van der Waals surface area contributed by atoms with E-state index in [0.29, 0.717) is 27.3 Å². The maximum atomic E-state index is 12.1. The molecular weight excluding hydrogens is 474 g/mol. The van der Waals surface area contributed by atoms with E-state index < -0.39 is 36.1 Å². The van der Waals surface area contributed by atoms with Gasteiger partial charge in [-0.05, 0) is 6.42 Å². The summed E-state index contributed by atoms with van der Waals surface area (Å²) >= 11 is 2.94. The molecule has 34 heavy (non-hydrogen) atoms. The van der Waals surface area contributed by atoms with Gasteiger partial charge in [-0.1, -0.05) is 34.6 Å². The fourth-order valence-electron chi connectivity index (χ4n) is 6.08. The number of aliphatic carboxylic acids is 1. The van der Waals surface area contributed by atoms with E-state index in [-0.39, 0.29) is 40.6 Å². The van der Waals surface area contributed by atoms with Crippen LogP contribution in [-0.4, -0.2) is 72.6 Å². The number of hydrogen-bond donors (Lipinski definition) is 5. The lowest BCUT2D eigenvalue weighted by Crippen LogP contribution is -2.67. The van der Waals surface area contributed by atoms with Gasteiger partial charge in [0.25, 0.3) is 0 Å². The van der Waals surface area contributed by atoms with Gasteiger partial charge in [0.1, 0.15) is 17.5 Å². The molecule has 10 heteroatoms. The Morgan fingerprint density at radius 1 is 1.15 bits per heavy atom. The highest BCUT2D eigenvalue weighted by Gasteiger charge is 2.59. The number of aliphatic hydroxyl groups excluding tert-OH is 1. The van der Waals surface area contributed by atoms with Gasteiger partial charge in [-0.15, -0.1) is 23.5 Å². The molecule has 186 valence electrons. The van der Waals surface area contributed by atoms with Crippen LogP contribution in [0.2, 0.25) is 0 Å². The Morgan fingerprint density at radius 3 is 2.18 bits per heavy atom. The molecule has 3 aliphatic heterocycles. The maximum absolute atomic E-state index is 12.1. The van der Waals surface area contributed by atoms with Crippen LogP contribution in [0, 0.1) is 17.2 Å². The standard InChI is InChI=1S/C24H33N3O5S2/c1-9(2)33-22-20(29)16-11(5)19-18-12(24(31)32)6-13(26-18)14(7-25)27(19)15(8-28)17(16)21(30)23(22)34-10(3)4/h9-15,18-19,26,28-30H,6,8H2,1-5H3,(H,31,32)/t11?,12-,13+,14?,15+,18-,19+/m1/s1. The zero-order valence-corrected chi connectivity index (χ0v) is 21.7. The fourth-order valence-corrected chi connectivity index (χ4v) is 8.16. The molecule has 0 amide bonds. The van der Waals surface area contributed by atoms with Crippen molar-refractivity contribution in [2.24, 2.45) is 5.92 Å². The first-order chi connectivity index (χ1) is 16.0. The highest BCUT2D eigenvalue weighted by Crippen LogP contribution is 2.58. The van der Waals surface area contributed by atoms with Crippen LogP contribution in [0.3, 0.4) is 0 Å². The van der Waals surface area contributed by atoms with Gasteiger partial charge in [0.05, 0.1) is 34.4 Å². The summed E-state index contributed by atoms with van der Waals surface area (Å²) in [5.41, 5.74) is 0.996. The van der Waals surface area contributed by atoms with Gasteiger partial charge in [-0.3, -0.25) is 9.69 Å². The van der Waals surface area contributed by atoms with E-state index in [1.54, 1.807) is 0 Å². The first-order valence-electron chi connectivity index (χ1n) is 11.7. The molecule has 3 heterocycles. The molecule has 2 unspecified atom stereocenters. The number of benzene rings is 1. The van der Waals surface area contributed by atoms with Gasteiger partial charge in [0.15, 0.2) is 0 Å². The fraction of sp³-hybridized carbons (Fsp3) is 0.667. The average molecular weight is 508 g/mol. The zero-order chi connectivity index (χ0) is 25.1. The Morgan fingerprint density at radius 2 is 1.71 bits per heavy atom. The van der Waals surface area contributed by atoms with Crippen molar-refractivity contribution >= 4 is 29.5 Å². The van der Waals surface area contributed by atoms with Crippen LogP contribution >= 0.6 is 23.5 Å². The molecule has 1 aromatic carbocycles. The van der Waals surface area contributed by atoms with Crippen LogP contribution in [-0.2, 0) is 4.79 Å². The molecule has 2 saturated heterocycles. The minimum absolute atomic E-state index is 0.0383. The molecule has 0 radical (unpaired) electrons. The number of hydrogen-bond acceptors (Lipinski definition) is 9. The van der Waals surface area contributed by atoms with Crippen LogP contribution in [0.4, 0.5) is 0 Å². The molecule has 7 atom stereocenters. The summed E-state index contributed by atoms with van der Waals surface area (Å²) in [5, 5.41) is 57.4. The van der Waals surface area contributed by atoms with Crippen LogP contribution in [0.25, 0.3) is 0 Å². The SMILES string of the molecule is CC(C)Sc1c(O)c2c(c(O)c1SC(C)C)[C@H](CO)N1C(C#N)[C@@H]3C[C@@H](C(=O)O)[C@@H](N3)[C@@H]1C2C. The third kappa shape index (κ3) is 3.86. The van der Waals surface area contributed by atoms with E-state index in [0.717, 1.165) is 0 Å². The number of nitrogens with zero attached hydrogens (tertiary/aromatic N) is 2. The van der Waals surface area contributed by atoms with E-state index in [1.807, 2.05) is 39.5 Å². The summed E-state index contributed by atoms with van der Waals surface area (Å²) in [4.78, 5) is 15.2. The van der Waals surface area contributed by atoms with Crippen molar-refractivity contribution in [3.63, 3.8) is 0 Å². The summed E-state index contributed by atoms with van der Waals surface area (Å²) in [7, 11) is 0. The number of thioether (sulfide) groups is 2. The normalized spacial score (nSPS) is 32.5. The number of phenolic OH excluding ortho intramolecular Hbond substituents is 2. The first-order valence-corrected chi connectivity index (χ1v) is 13.5. The van der Waals surface area contributed by atoms with Crippen LogP contribution in [0.15, 0.2) is 9.79 Å². The third-order valence-corrected chi connectivity index (χ3v) is 9.53. The molecule has 1 aromatic rings. The molecular formula is C24H33N3O5S2. The molecule has 3 aliphatic rings. The monoisotopic (exact) mass is 507 g/mol. The zero-order valence-electron chi connectivity index (χ0n) is 20.0. The second kappa shape index (κ2) is 9.43. The second-order valence-corrected chi connectivity index (χ2v) is 13.2. The van der Waals surface area contributed by atoms with Gasteiger partial charge < -0.3 is 25.7 Å². The summed E-state index contributed by atoms with van der Waals surface area (Å²) in [6, 6.07) is -0.263. The number of carbonyl (C=O) groups is 1. The van der Waals surface area contributed by atoms with Crippen LogP contribution in [0.5, 0.6) is 11.5 Å². The average Bonchev–Trinajstić information content (AvgIpc) is 3.13. The first kappa shape index (κ1) is 25.5. The number of nitriles is 1. The Hall–Kier alpha value is -1.64. The van der Waals surface area contributed by atoms with E-state index in [9.17, 15) is 30.5 Å². The number of carboxylic acids is 1. The predicted molar refractivity (Wildman–Crippen MR) is 131 cm³/mol. The smallest absolute Gasteiger partial charge is 0.308 e. The maximum Gasteiger partial charge on any atom is 0.308 e. The number of aromatic hydroxyl groups is 2. The highest BCUT2D eigenvalue weighted by molar-refractivity contribution is 8.03. The lowest BCUT2D eigenvalue weighted by Gasteiger charge is -2.54. The summed E-state index contributed by atoms with van der Waals surface area (Å²) < 4.78 is 0. The molecule has 8 nitrogen and oxygen atoms in total. The topological polar surface area (TPSA) is 137 Å². The van der Waals surface area contributed by atoms with Crippen molar-refractivity contribution in [1.82, 2.24) is 10.2 Å².